The Morgan fingerprint density at radius 3 is 2.63 bits per heavy atom. The first-order valence-electron chi connectivity index (χ1n) is 12.2. The number of benzene rings is 1. The highest BCUT2D eigenvalue weighted by atomic mass is 16.2. The Hall–Kier alpha value is -3.77. The van der Waals surface area contributed by atoms with Crippen LogP contribution in [0.5, 0.6) is 0 Å². The number of piperazine rings is 1. The van der Waals surface area contributed by atoms with Crippen LogP contribution in [0.1, 0.15) is 41.1 Å². The number of nitrogen functional groups attached to an aromatic ring is 1. The van der Waals surface area contributed by atoms with Crippen LogP contribution < -0.4 is 16.3 Å². The van der Waals surface area contributed by atoms with Gasteiger partial charge in [-0.05, 0) is 50.4 Å². The quantitative estimate of drug-likeness (QED) is 0.428. The van der Waals surface area contributed by atoms with Crippen LogP contribution in [0.2, 0.25) is 0 Å². The van der Waals surface area contributed by atoms with Crippen LogP contribution in [0.3, 0.4) is 0 Å². The summed E-state index contributed by atoms with van der Waals surface area (Å²) >= 11 is 0. The minimum atomic E-state index is -0.777. The molecule has 35 heavy (non-hydrogen) atoms. The summed E-state index contributed by atoms with van der Waals surface area (Å²) in [6, 6.07) is 14.4. The summed E-state index contributed by atoms with van der Waals surface area (Å²) in [4.78, 5) is 39.2. The molecule has 1 fully saturated rings. The number of Topliss-reactive ketones (excluding diaryl/α,β-unsaturated/α-hetero) is 1. The standard InChI is InChI=1S/C26H29N7O2/c27-17-19-8-10-21-24(25(19)34)26(35)33(28)23(30-21)7-3-4-12-31-13-15-32(16-14-31)22-11-9-18-5-1-2-6-20(18)29-22/h1-2,5-6,9,11,19H,3-4,7-8,10,12-16,28H2. The number of nitrogens with zero attached hydrogens (tertiary/aromatic N) is 6. The normalized spacial score (nSPS) is 18.4. The van der Waals surface area contributed by atoms with Crippen molar-refractivity contribution in [2.75, 3.05) is 43.5 Å². The van der Waals surface area contributed by atoms with E-state index in [2.05, 4.69) is 33.0 Å². The van der Waals surface area contributed by atoms with Crippen LogP contribution >= 0.6 is 0 Å². The van der Waals surface area contributed by atoms with E-state index < -0.39 is 17.3 Å². The zero-order chi connectivity index (χ0) is 24.4. The van der Waals surface area contributed by atoms with Gasteiger partial charge in [-0.1, -0.05) is 18.2 Å². The smallest absolute Gasteiger partial charge is 0.283 e. The molecule has 3 aromatic rings. The SMILES string of the molecule is N#CC1CCc2nc(CCCCN3CCN(c4ccc5ccccc5n4)CC3)n(N)c(=O)c2C1=O. The van der Waals surface area contributed by atoms with E-state index in [1.807, 2.05) is 24.3 Å². The second kappa shape index (κ2) is 9.84. The maximum atomic E-state index is 12.7. The molecule has 0 spiro atoms. The number of rotatable bonds is 6. The highest BCUT2D eigenvalue weighted by molar-refractivity contribution is 6.00. The van der Waals surface area contributed by atoms with Gasteiger partial charge in [0.1, 0.15) is 23.1 Å². The van der Waals surface area contributed by atoms with Crippen molar-refractivity contribution < 1.29 is 4.79 Å². The fourth-order valence-corrected chi connectivity index (χ4v) is 4.99. The molecule has 1 atom stereocenters. The Kier molecular flexibility index (Phi) is 6.47. The molecule has 0 amide bonds. The lowest BCUT2D eigenvalue weighted by Gasteiger charge is -2.35. The van der Waals surface area contributed by atoms with E-state index in [0.29, 0.717) is 30.8 Å². The number of pyridine rings is 1. The molecule has 180 valence electrons. The summed E-state index contributed by atoms with van der Waals surface area (Å²) in [6.07, 6.45) is 3.26. The number of aryl methyl sites for hydroxylation is 2. The van der Waals surface area contributed by atoms with Crippen molar-refractivity contribution in [2.45, 2.75) is 32.1 Å². The lowest BCUT2D eigenvalue weighted by Crippen LogP contribution is -2.47. The number of hydrogen-bond acceptors (Lipinski definition) is 8. The first kappa shape index (κ1) is 23.0. The molecule has 1 aliphatic heterocycles. The summed E-state index contributed by atoms with van der Waals surface area (Å²) in [5, 5.41) is 10.3. The first-order chi connectivity index (χ1) is 17.0. The van der Waals surface area contributed by atoms with Crippen LogP contribution in [0, 0.1) is 17.2 Å². The average molecular weight is 472 g/mol. The summed E-state index contributed by atoms with van der Waals surface area (Å²) in [7, 11) is 0. The van der Waals surface area contributed by atoms with Crippen molar-refractivity contribution in [2.24, 2.45) is 5.92 Å². The summed E-state index contributed by atoms with van der Waals surface area (Å²) in [6.45, 7) is 4.82. The monoisotopic (exact) mass is 471 g/mol. The molecule has 0 radical (unpaired) electrons. The third-order valence-electron chi connectivity index (χ3n) is 7.06. The van der Waals surface area contributed by atoms with E-state index >= 15 is 0 Å². The molecule has 5 rings (SSSR count). The van der Waals surface area contributed by atoms with Crippen LogP contribution in [-0.2, 0) is 12.8 Å². The number of nitrogens with two attached hydrogens (primary N) is 1. The largest absolute Gasteiger partial charge is 0.354 e. The van der Waals surface area contributed by atoms with Gasteiger partial charge in [-0.15, -0.1) is 0 Å². The molecular formula is C26H29N7O2. The molecule has 2 N–H and O–H groups in total. The number of hydrogen-bond donors (Lipinski definition) is 1. The van der Waals surface area contributed by atoms with Crippen LogP contribution in [0.25, 0.3) is 10.9 Å². The van der Waals surface area contributed by atoms with Crippen molar-refractivity contribution in [1.29, 1.82) is 5.26 Å². The van der Waals surface area contributed by atoms with E-state index in [1.165, 1.54) is 0 Å². The number of carbonyl (C=O) groups is 1. The topological polar surface area (TPSA) is 121 Å². The molecule has 9 heteroatoms. The second-order valence-electron chi connectivity index (χ2n) is 9.26. The Labute approximate surface area is 203 Å². The highest BCUT2D eigenvalue weighted by Gasteiger charge is 2.32. The molecular weight excluding hydrogens is 442 g/mol. The number of fused-ring (bicyclic) bond motifs is 2. The zero-order valence-electron chi connectivity index (χ0n) is 19.7. The Bertz CT molecular complexity index is 1350. The number of unbranched alkanes of at least 4 members (excludes halogenated alkanes) is 1. The van der Waals surface area contributed by atoms with Crippen molar-refractivity contribution in [3.05, 3.63) is 63.8 Å². The number of anilines is 1. The molecule has 3 heterocycles. The fourth-order valence-electron chi connectivity index (χ4n) is 4.99. The third kappa shape index (κ3) is 4.62. The van der Waals surface area contributed by atoms with Crippen molar-refractivity contribution in [3.8, 4) is 6.07 Å². The van der Waals surface area contributed by atoms with Crippen LogP contribution in [-0.4, -0.2) is 58.1 Å². The molecule has 1 unspecified atom stereocenters. The average Bonchev–Trinajstić information content (AvgIpc) is 2.89. The fraction of sp³-hybridized carbons (Fsp3) is 0.423. The van der Waals surface area contributed by atoms with Gasteiger partial charge >= 0.3 is 0 Å². The second-order valence-corrected chi connectivity index (χ2v) is 9.26. The van der Waals surface area contributed by atoms with Gasteiger partial charge in [0.25, 0.3) is 5.56 Å². The number of ketones is 1. The molecule has 1 aromatic carbocycles. The molecule has 1 saturated heterocycles. The molecule has 0 saturated carbocycles. The minimum absolute atomic E-state index is 0.00664. The van der Waals surface area contributed by atoms with E-state index in [4.69, 9.17) is 16.1 Å². The number of aromatic nitrogens is 3. The lowest BCUT2D eigenvalue weighted by molar-refractivity contribution is 0.0931. The summed E-state index contributed by atoms with van der Waals surface area (Å²) in [5.41, 5.74) is 0.971. The number of carbonyl (C=O) groups excluding carboxylic acids is 1. The van der Waals surface area contributed by atoms with Gasteiger partial charge in [-0.2, -0.15) is 5.26 Å². The zero-order valence-corrected chi connectivity index (χ0v) is 19.7. The predicted octanol–water partition coefficient (Wildman–Crippen LogP) is 1.92. The van der Waals surface area contributed by atoms with Gasteiger partial charge < -0.3 is 10.7 Å². The number of para-hydroxylation sites is 1. The van der Waals surface area contributed by atoms with E-state index in [1.54, 1.807) is 0 Å². The van der Waals surface area contributed by atoms with Gasteiger partial charge in [0.05, 0.1) is 17.3 Å². The lowest BCUT2D eigenvalue weighted by atomic mass is 9.87. The van der Waals surface area contributed by atoms with Gasteiger partial charge in [0, 0.05) is 38.0 Å². The molecule has 1 aliphatic carbocycles. The Morgan fingerprint density at radius 1 is 1.03 bits per heavy atom. The van der Waals surface area contributed by atoms with Crippen LogP contribution in [0.15, 0.2) is 41.2 Å². The van der Waals surface area contributed by atoms with E-state index in [9.17, 15) is 9.59 Å². The molecule has 2 aromatic heterocycles. The molecule has 0 bridgehead atoms. The van der Waals surface area contributed by atoms with Gasteiger partial charge in [-0.3, -0.25) is 14.5 Å². The van der Waals surface area contributed by atoms with Crippen molar-refractivity contribution in [3.63, 3.8) is 0 Å². The first-order valence-corrected chi connectivity index (χ1v) is 12.2. The molecule has 2 aliphatic rings. The van der Waals surface area contributed by atoms with Gasteiger partial charge in [0.2, 0.25) is 0 Å². The minimum Gasteiger partial charge on any atom is -0.354 e. The Balaban J connectivity index is 1.12. The number of nitriles is 1. The maximum absolute atomic E-state index is 12.7. The highest BCUT2D eigenvalue weighted by Crippen LogP contribution is 2.22. The van der Waals surface area contributed by atoms with E-state index in [-0.39, 0.29) is 5.56 Å². The van der Waals surface area contributed by atoms with Gasteiger partial charge in [-0.25, -0.2) is 14.6 Å². The van der Waals surface area contributed by atoms with E-state index in [0.717, 1.165) is 67.0 Å². The summed E-state index contributed by atoms with van der Waals surface area (Å²) < 4.78 is 0.992. The van der Waals surface area contributed by atoms with Gasteiger partial charge in [0.15, 0.2) is 5.78 Å². The predicted molar refractivity (Wildman–Crippen MR) is 134 cm³/mol. The summed E-state index contributed by atoms with van der Waals surface area (Å²) in [5.74, 6) is 6.28. The Morgan fingerprint density at radius 2 is 1.83 bits per heavy atom. The van der Waals surface area contributed by atoms with Crippen molar-refractivity contribution in [1.82, 2.24) is 19.5 Å². The maximum Gasteiger partial charge on any atom is 0.283 e. The van der Waals surface area contributed by atoms with Crippen LogP contribution in [0.4, 0.5) is 5.82 Å². The third-order valence-corrected chi connectivity index (χ3v) is 7.06. The molecule has 9 nitrogen and oxygen atoms in total. The van der Waals surface area contributed by atoms with Crippen molar-refractivity contribution >= 4 is 22.5 Å².